The van der Waals surface area contributed by atoms with E-state index in [2.05, 4.69) is 20.4 Å². The third kappa shape index (κ3) is 2.60. The second kappa shape index (κ2) is 5.66. The normalized spacial score (nSPS) is 10.8. The van der Waals surface area contributed by atoms with Gasteiger partial charge in [0.25, 0.3) is 0 Å². The number of nitrogens with one attached hydrogen (secondary N) is 1. The highest BCUT2D eigenvalue weighted by Gasteiger charge is 2.06. The van der Waals surface area contributed by atoms with Gasteiger partial charge in [-0.15, -0.1) is 0 Å². The topological polar surface area (TPSA) is 64.3 Å². The van der Waals surface area contributed by atoms with Crippen molar-refractivity contribution >= 4 is 11.5 Å². The minimum Gasteiger partial charge on any atom is -0.378 e. The zero-order valence-electron chi connectivity index (χ0n) is 11.2. The number of fused-ring (bicyclic) bond motifs is 1. The Labute approximate surface area is 116 Å². The van der Waals surface area contributed by atoms with Crippen LogP contribution in [0.4, 0.5) is 5.82 Å². The zero-order chi connectivity index (χ0) is 13.8. The third-order valence-corrected chi connectivity index (χ3v) is 2.93. The number of methoxy groups -OCH3 is 1. The Balaban J connectivity index is 1.87. The van der Waals surface area contributed by atoms with Crippen LogP contribution in [-0.2, 0) is 17.9 Å². The summed E-state index contributed by atoms with van der Waals surface area (Å²) in [5, 5.41) is 7.64. The summed E-state index contributed by atoms with van der Waals surface area (Å²) < 4.78 is 6.92. The molecule has 3 rings (SSSR count). The van der Waals surface area contributed by atoms with E-state index in [1.807, 2.05) is 24.3 Å². The lowest BCUT2D eigenvalue weighted by molar-refractivity contribution is 0.181. The molecule has 0 spiro atoms. The average molecular weight is 269 g/mol. The Morgan fingerprint density at radius 1 is 1.20 bits per heavy atom. The molecule has 0 aliphatic rings. The van der Waals surface area contributed by atoms with Crippen molar-refractivity contribution in [2.45, 2.75) is 13.2 Å². The van der Waals surface area contributed by atoms with Gasteiger partial charge in [0.2, 0.25) is 0 Å². The lowest BCUT2D eigenvalue weighted by Crippen LogP contribution is -2.08. The molecule has 0 amide bonds. The fourth-order valence-corrected chi connectivity index (χ4v) is 2.01. The van der Waals surface area contributed by atoms with Crippen molar-refractivity contribution < 1.29 is 4.74 Å². The van der Waals surface area contributed by atoms with E-state index in [1.54, 1.807) is 30.2 Å². The number of hydrogen-bond acceptors (Lipinski definition) is 5. The molecule has 20 heavy (non-hydrogen) atoms. The second-order valence-corrected chi connectivity index (χ2v) is 4.38. The lowest BCUT2D eigenvalue weighted by Gasteiger charge is -2.10. The fourth-order valence-electron chi connectivity index (χ4n) is 2.01. The van der Waals surface area contributed by atoms with Crippen LogP contribution >= 0.6 is 0 Å². The number of ether oxygens (including phenoxy) is 1. The number of nitrogens with zero attached hydrogens (tertiary/aromatic N) is 4. The summed E-state index contributed by atoms with van der Waals surface area (Å²) in [4.78, 5) is 8.47. The first-order valence-corrected chi connectivity index (χ1v) is 6.32. The van der Waals surface area contributed by atoms with E-state index in [0.717, 1.165) is 22.7 Å². The maximum atomic E-state index is 5.14. The van der Waals surface area contributed by atoms with Crippen molar-refractivity contribution in [1.29, 1.82) is 0 Å². The summed E-state index contributed by atoms with van der Waals surface area (Å²) >= 11 is 0. The minimum absolute atomic E-state index is 0.478. The summed E-state index contributed by atoms with van der Waals surface area (Å²) in [5.41, 5.74) is 2.83. The van der Waals surface area contributed by atoms with Gasteiger partial charge in [-0.1, -0.05) is 0 Å². The molecule has 3 aromatic rings. The van der Waals surface area contributed by atoms with E-state index in [0.29, 0.717) is 13.2 Å². The molecule has 0 saturated heterocycles. The van der Waals surface area contributed by atoms with Gasteiger partial charge >= 0.3 is 0 Å². The molecule has 102 valence electrons. The van der Waals surface area contributed by atoms with E-state index in [4.69, 9.17) is 4.74 Å². The largest absolute Gasteiger partial charge is 0.378 e. The molecule has 1 N–H and O–H groups in total. The van der Waals surface area contributed by atoms with Crippen LogP contribution in [0.15, 0.2) is 42.9 Å². The van der Waals surface area contributed by atoms with E-state index in [1.165, 1.54) is 0 Å². The molecule has 3 heterocycles. The van der Waals surface area contributed by atoms with Crippen LogP contribution in [0.2, 0.25) is 0 Å². The van der Waals surface area contributed by atoms with Crippen molar-refractivity contribution in [2.75, 3.05) is 12.4 Å². The number of rotatable bonds is 5. The molecule has 0 fully saturated rings. The first-order chi connectivity index (χ1) is 9.86. The SMILES string of the molecule is COCc1cc(NCc2ccncc2)n2nccc2n1. The highest BCUT2D eigenvalue weighted by Crippen LogP contribution is 2.14. The molecule has 0 aromatic carbocycles. The summed E-state index contributed by atoms with van der Waals surface area (Å²) in [6.45, 7) is 1.18. The van der Waals surface area contributed by atoms with Crippen LogP contribution in [-0.4, -0.2) is 26.7 Å². The minimum atomic E-state index is 0.478. The molecule has 0 bridgehead atoms. The molecule has 6 heteroatoms. The first kappa shape index (κ1) is 12.6. The first-order valence-electron chi connectivity index (χ1n) is 6.32. The van der Waals surface area contributed by atoms with Crippen molar-refractivity contribution in [2.24, 2.45) is 0 Å². The predicted molar refractivity (Wildman–Crippen MR) is 75.3 cm³/mol. The Hall–Kier alpha value is -2.47. The van der Waals surface area contributed by atoms with Gasteiger partial charge in [0, 0.05) is 38.2 Å². The standard InChI is InChI=1S/C14H15N5O/c1-20-10-12-8-14(19-13(18-12)4-7-17-19)16-9-11-2-5-15-6-3-11/h2-8,16H,9-10H2,1H3. The van der Waals surface area contributed by atoms with Gasteiger partial charge in [0.15, 0.2) is 5.65 Å². The van der Waals surface area contributed by atoms with Crippen LogP contribution in [0.1, 0.15) is 11.3 Å². The number of anilines is 1. The van der Waals surface area contributed by atoms with E-state index < -0.39 is 0 Å². The van der Waals surface area contributed by atoms with Crippen LogP contribution in [0, 0.1) is 0 Å². The molecule has 0 saturated carbocycles. The molecule has 3 aromatic heterocycles. The van der Waals surface area contributed by atoms with Gasteiger partial charge in [0.05, 0.1) is 18.5 Å². The Kier molecular flexibility index (Phi) is 3.56. The number of aromatic nitrogens is 4. The molecule has 0 atom stereocenters. The molecular formula is C14H15N5O. The lowest BCUT2D eigenvalue weighted by atomic mass is 10.2. The maximum Gasteiger partial charge on any atom is 0.157 e. The van der Waals surface area contributed by atoms with Crippen molar-refractivity contribution in [3.8, 4) is 0 Å². The maximum absolute atomic E-state index is 5.14. The molecule has 6 nitrogen and oxygen atoms in total. The molecule has 0 aliphatic carbocycles. The van der Waals surface area contributed by atoms with Crippen LogP contribution < -0.4 is 5.32 Å². The highest BCUT2D eigenvalue weighted by atomic mass is 16.5. The van der Waals surface area contributed by atoms with Gasteiger partial charge in [-0.2, -0.15) is 9.61 Å². The van der Waals surface area contributed by atoms with Crippen LogP contribution in [0.5, 0.6) is 0 Å². The second-order valence-electron chi connectivity index (χ2n) is 4.38. The van der Waals surface area contributed by atoms with Crippen molar-refractivity contribution in [3.05, 3.63) is 54.1 Å². The van der Waals surface area contributed by atoms with Crippen LogP contribution in [0.25, 0.3) is 5.65 Å². The fraction of sp³-hybridized carbons (Fsp3) is 0.214. The Morgan fingerprint density at radius 3 is 2.85 bits per heavy atom. The van der Waals surface area contributed by atoms with E-state index in [9.17, 15) is 0 Å². The van der Waals surface area contributed by atoms with E-state index >= 15 is 0 Å². The monoisotopic (exact) mass is 269 g/mol. The van der Waals surface area contributed by atoms with Gasteiger partial charge in [-0.3, -0.25) is 4.98 Å². The van der Waals surface area contributed by atoms with E-state index in [-0.39, 0.29) is 0 Å². The number of hydrogen-bond donors (Lipinski definition) is 1. The van der Waals surface area contributed by atoms with Gasteiger partial charge in [-0.25, -0.2) is 4.98 Å². The van der Waals surface area contributed by atoms with Crippen molar-refractivity contribution in [1.82, 2.24) is 19.6 Å². The smallest absolute Gasteiger partial charge is 0.157 e. The summed E-state index contributed by atoms with van der Waals surface area (Å²) in [7, 11) is 1.66. The van der Waals surface area contributed by atoms with Gasteiger partial charge in [-0.05, 0) is 17.7 Å². The predicted octanol–water partition coefficient (Wildman–Crippen LogP) is 1.88. The summed E-state index contributed by atoms with van der Waals surface area (Å²) in [6, 6.07) is 7.77. The van der Waals surface area contributed by atoms with Gasteiger partial charge < -0.3 is 10.1 Å². The third-order valence-electron chi connectivity index (χ3n) is 2.93. The quantitative estimate of drug-likeness (QED) is 0.766. The van der Waals surface area contributed by atoms with Gasteiger partial charge in [0.1, 0.15) is 5.82 Å². The average Bonchev–Trinajstić information content (AvgIpc) is 2.95. The summed E-state index contributed by atoms with van der Waals surface area (Å²) in [5.74, 6) is 0.892. The molecule has 0 unspecified atom stereocenters. The van der Waals surface area contributed by atoms with Crippen molar-refractivity contribution in [3.63, 3.8) is 0 Å². The number of pyridine rings is 1. The molecular weight excluding hydrogens is 254 g/mol. The molecule has 0 radical (unpaired) electrons. The Bertz CT molecular complexity index is 695. The summed E-state index contributed by atoms with van der Waals surface area (Å²) in [6.07, 6.45) is 5.30. The zero-order valence-corrected chi connectivity index (χ0v) is 11.2. The van der Waals surface area contributed by atoms with Crippen LogP contribution in [0.3, 0.4) is 0 Å². The highest BCUT2D eigenvalue weighted by molar-refractivity contribution is 5.49. The Morgan fingerprint density at radius 2 is 2.05 bits per heavy atom. The molecule has 0 aliphatic heterocycles.